The van der Waals surface area contributed by atoms with Crippen molar-refractivity contribution in [1.29, 1.82) is 0 Å². The Balaban J connectivity index is 1.64. The van der Waals surface area contributed by atoms with Crippen molar-refractivity contribution in [3.8, 4) is 0 Å². The second-order valence-electron chi connectivity index (χ2n) is 8.44. The molecule has 0 saturated heterocycles. The number of nitrogens with zero attached hydrogens (tertiary/aromatic N) is 2. The van der Waals surface area contributed by atoms with Crippen LogP contribution < -0.4 is 5.32 Å². The maximum Gasteiger partial charge on any atom is 0.271 e. The third kappa shape index (κ3) is 3.24. The van der Waals surface area contributed by atoms with Gasteiger partial charge in [0.2, 0.25) is 5.91 Å². The molecule has 0 bridgehead atoms. The van der Waals surface area contributed by atoms with Gasteiger partial charge in [-0.1, -0.05) is 6.92 Å². The maximum atomic E-state index is 13.4. The Morgan fingerprint density at radius 3 is 2.82 bits per heavy atom. The molecule has 2 aromatic heterocycles. The van der Waals surface area contributed by atoms with Crippen LogP contribution in [0.4, 0.5) is 0 Å². The van der Waals surface area contributed by atoms with E-state index in [1.165, 1.54) is 0 Å². The van der Waals surface area contributed by atoms with Crippen LogP contribution in [0, 0.1) is 5.92 Å². The molecule has 2 aromatic rings. The number of fused-ring (bicyclic) bond motifs is 3. The Kier molecular flexibility index (Phi) is 5.22. The molecular formula is C21H29N3O3S. The molecule has 1 fully saturated rings. The highest BCUT2D eigenvalue weighted by atomic mass is 32.1. The van der Waals surface area contributed by atoms with E-state index in [9.17, 15) is 9.59 Å². The number of carbonyl (C=O) groups excluding carboxylic acids is 2. The summed E-state index contributed by atoms with van der Waals surface area (Å²) in [6, 6.07) is 4.18. The topological polar surface area (TPSA) is 63.6 Å². The molecule has 2 aliphatic rings. The van der Waals surface area contributed by atoms with Crippen LogP contribution in [-0.2, 0) is 16.1 Å². The molecule has 3 heterocycles. The van der Waals surface area contributed by atoms with Gasteiger partial charge >= 0.3 is 0 Å². The lowest BCUT2D eigenvalue weighted by atomic mass is 9.86. The van der Waals surface area contributed by atoms with E-state index >= 15 is 0 Å². The van der Waals surface area contributed by atoms with Gasteiger partial charge in [-0.25, -0.2) is 0 Å². The number of nitrogens with one attached hydrogen (secondary N) is 1. The number of hydrogen-bond donors (Lipinski definition) is 1. The number of rotatable bonds is 5. The van der Waals surface area contributed by atoms with E-state index in [4.69, 9.17) is 4.74 Å². The van der Waals surface area contributed by atoms with E-state index in [-0.39, 0.29) is 17.9 Å². The minimum Gasteiger partial charge on any atom is -0.383 e. The van der Waals surface area contributed by atoms with Crippen molar-refractivity contribution in [3.05, 3.63) is 23.2 Å². The standard InChI is InChI=1S/C21H29N3O3S/c1-14-4-6-15(7-5-14)22-20(26)21(2)13-23-16-8-11-28-18(16)12-17(23)19(25)24(21)9-10-27-3/h8,11-12,14-15H,4-7,9-10,13H2,1-3H3,(H,22,26)/t14?,15?,21-/m1/s1. The molecule has 1 N–H and O–H groups in total. The number of aromatic nitrogens is 1. The fourth-order valence-corrected chi connectivity index (χ4v) is 5.37. The molecule has 6 nitrogen and oxygen atoms in total. The summed E-state index contributed by atoms with van der Waals surface area (Å²) < 4.78 is 8.33. The van der Waals surface area contributed by atoms with Crippen LogP contribution in [0.1, 0.15) is 50.0 Å². The Hall–Kier alpha value is -1.86. The predicted molar refractivity (Wildman–Crippen MR) is 111 cm³/mol. The lowest BCUT2D eigenvalue weighted by molar-refractivity contribution is -0.134. The summed E-state index contributed by atoms with van der Waals surface area (Å²) >= 11 is 1.62. The molecule has 0 unspecified atom stereocenters. The van der Waals surface area contributed by atoms with E-state index in [1.807, 2.05) is 29.0 Å². The minimum atomic E-state index is -0.931. The van der Waals surface area contributed by atoms with Crippen molar-refractivity contribution >= 4 is 33.4 Å². The number of methoxy groups -OCH3 is 1. The molecule has 0 aromatic carbocycles. The van der Waals surface area contributed by atoms with Crippen molar-refractivity contribution in [1.82, 2.24) is 14.8 Å². The van der Waals surface area contributed by atoms with Crippen molar-refractivity contribution in [2.45, 2.75) is 57.7 Å². The van der Waals surface area contributed by atoms with Gasteiger partial charge in [0.1, 0.15) is 11.2 Å². The lowest BCUT2D eigenvalue weighted by Gasteiger charge is -2.44. The summed E-state index contributed by atoms with van der Waals surface area (Å²) in [4.78, 5) is 28.5. The van der Waals surface area contributed by atoms with Crippen LogP contribution in [0.5, 0.6) is 0 Å². The van der Waals surface area contributed by atoms with Crippen molar-refractivity contribution in [2.75, 3.05) is 20.3 Å². The number of carbonyl (C=O) groups is 2. The minimum absolute atomic E-state index is 0.0563. The predicted octanol–water partition coefficient (Wildman–Crippen LogP) is 3.26. The first kappa shape index (κ1) is 19.5. The smallest absolute Gasteiger partial charge is 0.271 e. The summed E-state index contributed by atoms with van der Waals surface area (Å²) in [7, 11) is 1.62. The highest BCUT2D eigenvalue weighted by Gasteiger charge is 2.48. The maximum absolute atomic E-state index is 13.4. The summed E-state index contributed by atoms with van der Waals surface area (Å²) in [5, 5.41) is 5.29. The SMILES string of the molecule is COCCN1C(=O)c2cc3sccc3n2C[C@]1(C)C(=O)NC1CCC(C)CC1. The second-order valence-corrected chi connectivity index (χ2v) is 9.39. The van der Waals surface area contributed by atoms with Crippen LogP contribution >= 0.6 is 11.3 Å². The van der Waals surface area contributed by atoms with E-state index in [0.29, 0.717) is 25.4 Å². The van der Waals surface area contributed by atoms with Crippen LogP contribution in [-0.4, -0.2) is 53.1 Å². The molecular weight excluding hydrogens is 374 g/mol. The Labute approximate surface area is 169 Å². The largest absolute Gasteiger partial charge is 0.383 e. The molecule has 152 valence electrons. The molecule has 28 heavy (non-hydrogen) atoms. The van der Waals surface area contributed by atoms with Crippen molar-refractivity contribution < 1.29 is 14.3 Å². The fourth-order valence-electron chi connectivity index (χ4n) is 4.55. The lowest BCUT2D eigenvalue weighted by Crippen LogP contribution is -2.65. The van der Waals surface area contributed by atoms with Gasteiger partial charge in [-0.15, -0.1) is 11.3 Å². The van der Waals surface area contributed by atoms with E-state index < -0.39 is 5.54 Å². The van der Waals surface area contributed by atoms with E-state index in [1.54, 1.807) is 23.3 Å². The average molecular weight is 404 g/mol. The first-order valence-electron chi connectivity index (χ1n) is 10.1. The highest BCUT2D eigenvalue weighted by molar-refractivity contribution is 7.17. The number of thiophene rings is 1. The Morgan fingerprint density at radius 2 is 2.11 bits per heavy atom. The molecule has 1 saturated carbocycles. The van der Waals surface area contributed by atoms with Gasteiger partial charge in [-0.05, 0) is 56.0 Å². The zero-order valence-corrected chi connectivity index (χ0v) is 17.7. The Morgan fingerprint density at radius 1 is 1.36 bits per heavy atom. The van der Waals surface area contributed by atoms with Gasteiger partial charge < -0.3 is 19.5 Å². The van der Waals surface area contributed by atoms with Crippen LogP contribution in [0.25, 0.3) is 10.2 Å². The van der Waals surface area contributed by atoms with Gasteiger partial charge in [0, 0.05) is 19.7 Å². The zero-order valence-electron chi connectivity index (χ0n) is 16.9. The normalized spacial score (nSPS) is 27.8. The van der Waals surface area contributed by atoms with Gasteiger partial charge in [-0.3, -0.25) is 9.59 Å². The average Bonchev–Trinajstić information content (AvgIpc) is 3.26. The quantitative estimate of drug-likeness (QED) is 0.833. The van der Waals surface area contributed by atoms with Crippen molar-refractivity contribution in [2.24, 2.45) is 5.92 Å². The summed E-state index contributed by atoms with van der Waals surface area (Å²) in [6.07, 6.45) is 4.31. The number of hydrogen-bond acceptors (Lipinski definition) is 4. The van der Waals surface area contributed by atoms with Gasteiger partial charge in [0.05, 0.1) is 23.4 Å². The molecule has 1 atom stereocenters. The second kappa shape index (κ2) is 7.52. The summed E-state index contributed by atoms with van der Waals surface area (Å²) in [5.41, 5.74) is 0.763. The van der Waals surface area contributed by atoms with E-state index in [0.717, 1.165) is 41.8 Å². The third-order valence-corrected chi connectivity index (χ3v) is 7.26. The molecule has 1 aliphatic heterocycles. The zero-order chi connectivity index (χ0) is 19.9. The molecule has 7 heteroatoms. The molecule has 4 rings (SSSR count). The van der Waals surface area contributed by atoms with Gasteiger partial charge in [-0.2, -0.15) is 0 Å². The first-order valence-corrected chi connectivity index (χ1v) is 11.0. The molecule has 2 amide bonds. The first-order chi connectivity index (χ1) is 13.4. The van der Waals surface area contributed by atoms with E-state index in [2.05, 4.69) is 12.2 Å². The summed E-state index contributed by atoms with van der Waals surface area (Å²) in [5.74, 6) is 0.577. The Bertz CT molecular complexity index is 881. The molecule has 1 aliphatic carbocycles. The van der Waals surface area contributed by atoms with Crippen LogP contribution in [0.15, 0.2) is 17.5 Å². The highest BCUT2D eigenvalue weighted by Crippen LogP contribution is 2.34. The van der Waals surface area contributed by atoms with Gasteiger partial charge in [0.25, 0.3) is 5.91 Å². The third-order valence-electron chi connectivity index (χ3n) is 6.41. The van der Waals surface area contributed by atoms with Crippen LogP contribution in [0.2, 0.25) is 0 Å². The van der Waals surface area contributed by atoms with Crippen molar-refractivity contribution in [3.63, 3.8) is 0 Å². The molecule has 0 spiro atoms. The fraction of sp³-hybridized carbons (Fsp3) is 0.619. The number of amides is 2. The molecule has 0 radical (unpaired) electrons. The van der Waals surface area contributed by atoms with Crippen LogP contribution in [0.3, 0.4) is 0 Å². The number of ether oxygens (including phenoxy) is 1. The summed E-state index contributed by atoms with van der Waals surface area (Å²) in [6.45, 7) is 5.44. The monoisotopic (exact) mass is 403 g/mol. The van der Waals surface area contributed by atoms with Gasteiger partial charge in [0.15, 0.2) is 0 Å².